The highest BCUT2D eigenvalue weighted by atomic mass is 127. The van der Waals surface area contributed by atoms with E-state index in [1.165, 1.54) is 11.9 Å². The van der Waals surface area contributed by atoms with Crippen molar-refractivity contribution in [2.45, 2.75) is 19.5 Å². The van der Waals surface area contributed by atoms with Gasteiger partial charge >= 0.3 is 0 Å². The Balaban J connectivity index is 2.36. The third kappa shape index (κ3) is 6.58. The molecule has 0 bridgehead atoms. The number of likely N-dealkylation sites (N-methyl/N-ethyl adjacent to an activating group) is 1. The summed E-state index contributed by atoms with van der Waals surface area (Å²) in [4.78, 5) is 26.8. The topological polar surface area (TPSA) is 86.8 Å². The van der Waals surface area contributed by atoms with Gasteiger partial charge in [-0.2, -0.15) is 0 Å². The number of hydrogen-bond donors (Lipinski definition) is 1. The number of carbonyl (C=O) groups excluding carboxylic acids is 2. The maximum Gasteiger partial charge on any atom is 0.244 e. The van der Waals surface area contributed by atoms with E-state index in [0.717, 1.165) is 19.7 Å². The van der Waals surface area contributed by atoms with Crippen LogP contribution in [0.2, 0.25) is 5.02 Å². The smallest absolute Gasteiger partial charge is 0.244 e. The number of nitrogens with one attached hydrogen (secondary N) is 1. The van der Waals surface area contributed by atoms with Gasteiger partial charge in [0, 0.05) is 22.2 Å². The molecular weight excluding hydrogens is 541 g/mol. The Labute approximate surface area is 195 Å². The molecule has 0 spiro atoms. The lowest BCUT2D eigenvalue weighted by Crippen LogP contribution is -2.50. The molecule has 0 aliphatic rings. The first-order chi connectivity index (χ1) is 14.0. The van der Waals surface area contributed by atoms with Gasteiger partial charge in [0.05, 0.1) is 11.9 Å². The maximum atomic E-state index is 13.2. The number of amides is 2. The molecule has 0 radical (unpaired) electrons. The molecule has 2 aromatic rings. The Morgan fingerprint density at radius 3 is 2.33 bits per heavy atom. The lowest BCUT2D eigenvalue weighted by Gasteiger charge is -2.31. The Morgan fingerprint density at radius 2 is 1.80 bits per heavy atom. The van der Waals surface area contributed by atoms with Gasteiger partial charge in [-0.05, 0) is 71.5 Å². The molecule has 7 nitrogen and oxygen atoms in total. The first-order valence-corrected chi connectivity index (χ1v) is 12.3. The lowest BCUT2D eigenvalue weighted by molar-refractivity contribution is -0.139. The molecule has 10 heteroatoms. The highest BCUT2D eigenvalue weighted by Crippen LogP contribution is 2.21. The first-order valence-electron chi connectivity index (χ1n) is 9.01. The number of rotatable bonds is 8. The molecule has 2 rings (SSSR count). The highest BCUT2D eigenvalue weighted by Gasteiger charge is 2.29. The van der Waals surface area contributed by atoms with Crippen molar-refractivity contribution in [1.29, 1.82) is 0 Å². The van der Waals surface area contributed by atoms with E-state index in [0.29, 0.717) is 10.7 Å². The number of benzene rings is 2. The van der Waals surface area contributed by atoms with Crippen LogP contribution in [0.25, 0.3) is 0 Å². The van der Waals surface area contributed by atoms with E-state index in [9.17, 15) is 18.0 Å². The van der Waals surface area contributed by atoms with Gasteiger partial charge in [0.15, 0.2) is 0 Å². The van der Waals surface area contributed by atoms with Crippen LogP contribution in [0.1, 0.15) is 12.5 Å². The zero-order valence-corrected chi connectivity index (χ0v) is 20.5. The van der Waals surface area contributed by atoms with Crippen molar-refractivity contribution >= 4 is 61.7 Å². The molecule has 0 aromatic heterocycles. The molecule has 0 aliphatic heterocycles. The van der Waals surface area contributed by atoms with E-state index in [4.69, 9.17) is 11.6 Å². The Kier molecular flexibility index (Phi) is 8.51. The zero-order valence-electron chi connectivity index (χ0n) is 16.8. The summed E-state index contributed by atoms with van der Waals surface area (Å²) in [5.74, 6) is -0.861. The third-order valence-electron chi connectivity index (χ3n) is 4.45. The van der Waals surface area contributed by atoms with E-state index >= 15 is 0 Å². The van der Waals surface area contributed by atoms with Crippen molar-refractivity contribution in [2.75, 3.05) is 24.2 Å². The minimum Gasteiger partial charge on any atom is -0.357 e. The molecule has 1 atom stereocenters. The molecule has 1 N–H and O–H groups in total. The first kappa shape index (κ1) is 24.4. The molecule has 0 heterocycles. The van der Waals surface area contributed by atoms with Crippen LogP contribution in [-0.2, 0) is 26.2 Å². The van der Waals surface area contributed by atoms with E-state index in [2.05, 4.69) is 27.9 Å². The molecule has 0 saturated carbocycles. The van der Waals surface area contributed by atoms with Crippen LogP contribution in [0.15, 0.2) is 48.5 Å². The van der Waals surface area contributed by atoms with Gasteiger partial charge < -0.3 is 10.2 Å². The molecule has 2 aromatic carbocycles. The van der Waals surface area contributed by atoms with Gasteiger partial charge in [0.2, 0.25) is 21.8 Å². The summed E-state index contributed by atoms with van der Waals surface area (Å²) >= 11 is 8.16. The average molecular weight is 564 g/mol. The zero-order chi connectivity index (χ0) is 22.5. The van der Waals surface area contributed by atoms with Crippen LogP contribution in [0.3, 0.4) is 0 Å². The molecule has 0 fully saturated rings. The summed E-state index contributed by atoms with van der Waals surface area (Å²) in [6, 6.07) is 12.9. The van der Waals surface area contributed by atoms with Crippen LogP contribution in [0.4, 0.5) is 5.69 Å². The number of anilines is 1. The standard InChI is InChI=1S/C20H23ClIN3O4S/c1-14(20(27)23-2)24(12-15-5-4-6-16(21)11-15)19(26)13-25(30(3,28)29)18-9-7-17(22)8-10-18/h4-11,14H,12-13H2,1-3H3,(H,23,27)/t14-/m0/s1. The summed E-state index contributed by atoms with van der Waals surface area (Å²) < 4.78 is 26.8. The summed E-state index contributed by atoms with van der Waals surface area (Å²) in [5, 5.41) is 3.03. The SMILES string of the molecule is CNC(=O)[C@H](C)N(Cc1cccc(Cl)c1)C(=O)CN(c1ccc(I)cc1)S(C)(=O)=O. The summed E-state index contributed by atoms with van der Waals surface area (Å²) in [6.45, 7) is 1.27. The Hall–Kier alpha value is -1.85. The second-order valence-corrected chi connectivity index (χ2v) is 10.3. The van der Waals surface area contributed by atoms with Crippen LogP contribution >= 0.6 is 34.2 Å². The minimum atomic E-state index is -3.73. The quantitative estimate of drug-likeness (QED) is 0.501. The number of halogens is 2. The molecule has 162 valence electrons. The fourth-order valence-corrected chi connectivity index (χ4v) is 4.27. The monoisotopic (exact) mass is 563 g/mol. The van der Waals surface area contributed by atoms with Gasteiger partial charge in [-0.1, -0.05) is 23.7 Å². The molecule has 0 aliphatic carbocycles. The number of hydrogen-bond acceptors (Lipinski definition) is 4. The molecular formula is C20H23ClIN3O4S. The second-order valence-electron chi connectivity index (χ2n) is 6.69. The van der Waals surface area contributed by atoms with Gasteiger partial charge in [0.25, 0.3) is 0 Å². The van der Waals surface area contributed by atoms with Gasteiger partial charge in [-0.15, -0.1) is 0 Å². The van der Waals surface area contributed by atoms with E-state index in [-0.39, 0.29) is 12.5 Å². The highest BCUT2D eigenvalue weighted by molar-refractivity contribution is 14.1. The lowest BCUT2D eigenvalue weighted by atomic mass is 10.1. The molecule has 0 saturated heterocycles. The second kappa shape index (κ2) is 10.5. The minimum absolute atomic E-state index is 0.109. The number of nitrogens with zero attached hydrogens (tertiary/aromatic N) is 2. The van der Waals surface area contributed by atoms with Gasteiger partial charge in [-0.3, -0.25) is 13.9 Å². The average Bonchev–Trinajstić information content (AvgIpc) is 2.69. The fraction of sp³-hybridized carbons (Fsp3) is 0.300. The normalized spacial score (nSPS) is 12.2. The molecule has 2 amide bonds. The van der Waals surface area contributed by atoms with Gasteiger partial charge in [0.1, 0.15) is 12.6 Å². The Morgan fingerprint density at radius 1 is 1.17 bits per heavy atom. The van der Waals surface area contributed by atoms with Crippen molar-refractivity contribution in [2.24, 2.45) is 0 Å². The predicted molar refractivity (Wildman–Crippen MR) is 127 cm³/mol. The van der Waals surface area contributed by atoms with Crippen LogP contribution in [-0.4, -0.2) is 51.0 Å². The van der Waals surface area contributed by atoms with Crippen LogP contribution in [0.5, 0.6) is 0 Å². The van der Waals surface area contributed by atoms with Crippen molar-refractivity contribution in [3.8, 4) is 0 Å². The maximum absolute atomic E-state index is 13.2. The Bertz CT molecular complexity index is 1010. The fourth-order valence-electron chi connectivity index (χ4n) is 2.84. The summed E-state index contributed by atoms with van der Waals surface area (Å²) in [7, 11) is -2.25. The van der Waals surface area contributed by atoms with Crippen LogP contribution in [0, 0.1) is 3.57 Å². The number of sulfonamides is 1. The van der Waals surface area contributed by atoms with Crippen molar-refractivity contribution < 1.29 is 18.0 Å². The number of carbonyl (C=O) groups is 2. The molecule has 0 unspecified atom stereocenters. The van der Waals surface area contributed by atoms with E-state index in [1.807, 2.05) is 0 Å². The summed E-state index contributed by atoms with van der Waals surface area (Å²) in [6.07, 6.45) is 1.04. The molecule has 30 heavy (non-hydrogen) atoms. The van der Waals surface area contributed by atoms with Crippen molar-refractivity contribution in [3.05, 3.63) is 62.7 Å². The van der Waals surface area contributed by atoms with E-state index < -0.39 is 28.5 Å². The summed E-state index contributed by atoms with van der Waals surface area (Å²) in [5.41, 5.74) is 1.10. The largest absolute Gasteiger partial charge is 0.357 e. The van der Waals surface area contributed by atoms with Crippen LogP contribution < -0.4 is 9.62 Å². The third-order valence-corrected chi connectivity index (χ3v) is 6.54. The van der Waals surface area contributed by atoms with Crippen molar-refractivity contribution in [1.82, 2.24) is 10.2 Å². The van der Waals surface area contributed by atoms with Gasteiger partial charge in [-0.25, -0.2) is 8.42 Å². The van der Waals surface area contributed by atoms with Crippen molar-refractivity contribution in [3.63, 3.8) is 0 Å². The predicted octanol–water partition coefficient (Wildman–Crippen LogP) is 2.87. The van der Waals surface area contributed by atoms with E-state index in [1.54, 1.807) is 55.5 Å².